The highest BCUT2D eigenvalue weighted by molar-refractivity contribution is 6.22. The molecule has 0 unspecified atom stereocenters. The molecule has 2 N–H and O–H groups in total. The molecule has 146 valence electrons. The molecule has 2 aromatic carbocycles. The topological polar surface area (TPSA) is 66.1 Å². The molecule has 0 aliphatic rings. The van der Waals surface area contributed by atoms with Crippen molar-refractivity contribution in [3.8, 4) is 11.1 Å². The van der Waals surface area contributed by atoms with Gasteiger partial charge in [0.25, 0.3) is 0 Å². The lowest BCUT2D eigenvalue weighted by Crippen LogP contribution is -2.39. The zero-order valence-electron chi connectivity index (χ0n) is 16.1. The molecule has 0 atom stereocenters. The number of pyridine rings is 2. The molecule has 30 heavy (non-hydrogen) atoms. The van der Waals surface area contributed by atoms with Crippen molar-refractivity contribution in [1.82, 2.24) is 4.98 Å². The third-order valence-electron chi connectivity index (χ3n) is 4.62. The van der Waals surface area contributed by atoms with Gasteiger partial charge in [0.2, 0.25) is 5.76 Å². The summed E-state index contributed by atoms with van der Waals surface area (Å²) in [6, 6.07) is 25.8. The van der Waals surface area contributed by atoms with E-state index in [1.54, 1.807) is 53.6 Å². The van der Waals surface area contributed by atoms with Gasteiger partial charge in [-0.25, -0.2) is 0 Å². The molecular weight excluding hydrogens is 374 g/mol. The van der Waals surface area contributed by atoms with Gasteiger partial charge in [0.15, 0.2) is 12.4 Å². The molecular formula is C25H20N3O2+. The van der Waals surface area contributed by atoms with Crippen molar-refractivity contribution in [2.75, 3.05) is 5.32 Å². The van der Waals surface area contributed by atoms with Gasteiger partial charge in [-0.2, -0.15) is 4.57 Å². The van der Waals surface area contributed by atoms with Crippen LogP contribution in [0.5, 0.6) is 0 Å². The van der Waals surface area contributed by atoms with Crippen LogP contribution >= 0.6 is 0 Å². The van der Waals surface area contributed by atoms with Crippen LogP contribution in [-0.4, -0.2) is 16.0 Å². The average molecular weight is 394 g/mol. The third kappa shape index (κ3) is 4.25. The molecule has 4 aromatic rings. The Kier molecular flexibility index (Phi) is 5.62. The smallest absolute Gasteiger partial charge is 0.325 e. The molecule has 5 heteroatoms. The Morgan fingerprint density at radius 1 is 0.767 bits per heavy atom. The van der Waals surface area contributed by atoms with Crippen molar-refractivity contribution in [3.63, 3.8) is 0 Å². The zero-order chi connectivity index (χ0) is 20.8. The largest absolute Gasteiger partial charge is 0.502 e. The molecule has 4 rings (SSSR count). The highest BCUT2D eigenvalue weighted by atomic mass is 16.3. The summed E-state index contributed by atoms with van der Waals surface area (Å²) >= 11 is 0. The van der Waals surface area contributed by atoms with Crippen LogP contribution in [0.15, 0.2) is 110 Å². The second kappa shape index (κ2) is 8.84. The van der Waals surface area contributed by atoms with Gasteiger partial charge >= 0.3 is 11.6 Å². The third-order valence-corrected chi connectivity index (χ3v) is 4.62. The summed E-state index contributed by atoms with van der Waals surface area (Å²) in [6.07, 6.45) is 6.98. The number of nitrogens with zero attached hydrogens (tertiary/aromatic N) is 2. The van der Waals surface area contributed by atoms with E-state index >= 15 is 0 Å². The number of aliphatic hydroxyl groups excluding tert-OH is 1. The van der Waals surface area contributed by atoms with Gasteiger partial charge in [0, 0.05) is 35.8 Å². The second-order valence-electron chi connectivity index (χ2n) is 6.61. The van der Waals surface area contributed by atoms with E-state index < -0.39 is 5.91 Å². The lowest BCUT2D eigenvalue weighted by Gasteiger charge is -2.08. The second-order valence-corrected chi connectivity index (χ2v) is 6.61. The first kappa shape index (κ1) is 19.1. The number of para-hydroxylation sites is 1. The number of amides is 1. The van der Waals surface area contributed by atoms with Crippen molar-refractivity contribution in [2.45, 2.75) is 0 Å². The van der Waals surface area contributed by atoms with Crippen LogP contribution in [0.2, 0.25) is 0 Å². The van der Waals surface area contributed by atoms with Crippen LogP contribution in [0.25, 0.3) is 22.6 Å². The normalized spacial score (nSPS) is 11.5. The van der Waals surface area contributed by atoms with Crippen molar-refractivity contribution in [1.29, 1.82) is 0 Å². The van der Waals surface area contributed by atoms with Crippen LogP contribution < -0.4 is 9.88 Å². The van der Waals surface area contributed by atoms with Gasteiger partial charge in [0.05, 0.1) is 0 Å². The first-order valence-corrected chi connectivity index (χ1v) is 9.49. The van der Waals surface area contributed by atoms with Crippen LogP contribution in [-0.2, 0) is 4.79 Å². The molecule has 2 heterocycles. The first-order chi connectivity index (χ1) is 14.7. The molecule has 0 spiro atoms. The van der Waals surface area contributed by atoms with E-state index in [0.717, 1.165) is 11.1 Å². The molecule has 0 saturated heterocycles. The van der Waals surface area contributed by atoms with Crippen LogP contribution in [0.4, 0.5) is 5.69 Å². The predicted octanol–water partition coefficient (Wildman–Crippen LogP) is 4.56. The minimum Gasteiger partial charge on any atom is -0.502 e. The number of carbonyl (C=O) groups is 1. The summed E-state index contributed by atoms with van der Waals surface area (Å²) < 4.78 is 1.62. The lowest BCUT2D eigenvalue weighted by atomic mass is 10.1. The van der Waals surface area contributed by atoms with Gasteiger partial charge in [-0.15, -0.1) is 0 Å². The Bertz CT molecular complexity index is 1160. The van der Waals surface area contributed by atoms with E-state index in [2.05, 4.69) is 10.3 Å². The highest BCUT2D eigenvalue weighted by Crippen LogP contribution is 2.20. The van der Waals surface area contributed by atoms with E-state index in [1.807, 2.05) is 60.7 Å². The minimum absolute atomic E-state index is 0.106. The van der Waals surface area contributed by atoms with Gasteiger partial charge < -0.3 is 10.4 Å². The number of carbonyl (C=O) groups excluding carboxylic acids is 1. The summed E-state index contributed by atoms with van der Waals surface area (Å²) in [7, 11) is 0. The van der Waals surface area contributed by atoms with Crippen molar-refractivity contribution < 1.29 is 14.5 Å². The zero-order valence-corrected chi connectivity index (χ0v) is 16.1. The summed E-state index contributed by atoms with van der Waals surface area (Å²) in [6.45, 7) is 0. The van der Waals surface area contributed by atoms with E-state index in [4.69, 9.17) is 0 Å². The fraction of sp³-hybridized carbons (Fsp3) is 0. The molecule has 0 saturated carbocycles. The summed E-state index contributed by atoms with van der Waals surface area (Å²) in [4.78, 5) is 17.2. The quantitative estimate of drug-likeness (QED) is 0.296. The molecule has 2 aromatic heterocycles. The molecule has 0 bridgehead atoms. The van der Waals surface area contributed by atoms with Gasteiger partial charge in [-0.05, 0) is 35.4 Å². The number of anilines is 1. The van der Waals surface area contributed by atoms with Crippen LogP contribution in [0.1, 0.15) is 5.56 Å². The SMILES string of the molecule is O=C(Nc1ccccc1)/C(=C(\O)c1ccccc1)[n+]1ccc(-c2ccncc2)cc1. The Balaban J connectivity index is 1.74. The number of hydrogen-bond acceptors (Lipinski definition) is 3. The van der Waals surface area contributed by atoms with E-state index in [9.17, 15) is 9.90 Å². The Hall–Kier alpha value is -4.25. The Morgan fingerprint density at radius 3 is 1.97 bits per heavy atom. The lowest BCUT2D eigenvalue weighted by molar-refractivity contribution is -0.577. The molecule has 0 aliphatic carbocycles. The highest BCUT2D eigenvalue weighted by Gasteiger charge is 2.27. The van der Waals surface area contributed by atoms with Crippen molar-refractivity contribution in [3.05, 3.63) is 115 Å². The molecule has 0 aliphatic heterocycles. The Morgan fingerprint density at radius 2 is 1.33 bits per heavy atom. The van der Waals surface area contributed by atoms with E-state index in [0.29, 0.717) is 11.3 Å². The molecule has 5 nitrogen and oxygen atoms in total. The summed E-state index contributed by atoms with van der Waals surface area (Å²) in [5, 5.41) is 13.8. The minimum atomic E-state index is -0.413. The fourth-order valence-corrected chi connectivity index (χ4v) is 3.10. The predicted molar refractivity (Wildman–Crippen MR) is 117 cm³/mol. The number of rotatable bonds is 5. The van der Waals surface area contributed by atoms with E-state index in [-0.39, 0.29) is 11.5 Å². The molecule has 0 fully saturated rings. The maximum atomic E-state index is 13.1. The van der Waals surface area contributed by atoms with Gasteiger partial charge in [-0.1, -0.05) is 48.5 Å². The summed E-state index contributed by atoms with van der Waals surface area (Å²) in [5.74, 6) is -0.519. The molecule has 1 amide bonds. The first-order valence-electron chi connectivity index (χ1n) is 9.49. The molecule has 0 radical (unpaired) electrons. The maximum Gasteiger partial charge on any atom is 0.325 e. The maximum absolute atomic E-state index is 13.1. The number of aromatic nitrogens is 2. The van der Waals surface area contributed by atoms with Gasteiger partial charge in [0.1, 0.15) is 0 Å². The standard InChI is InChI=1S/C25H19N3O2/c29-24(21-7-3-1-4-8-21)23(25(30)27-22-9-5-2-6-10-22)28-17-13-20(14-18-28)19-11-15-26-16-12-19/h1-18H,(H-,26,27,29,30)/p+1. The van der Waals surface area contributed by atoms with Gasteiger partial charge in [-0.3, -0.25) is 9.78 Å². The number of benzene rings is 2. The number of nitrogens with one attached hydrogen (secondary N) is 1. The van der Waals surface area contributed by atoms with Crippen LogP contribution in [0.3, 0.4) is 0 Å². The number of hydrogen-bond donors (Lipinski definition) is 2. The average Bonchev–Trinajstić information content (AvgIpc) is 2.81. The van der Waals surface area contributed by atoms with Crippen molar-refractivity contribution in [2.24, 2.45) is 0 Å². The Labute approximate surface area is 174 Å². The van der Waals surface area contributed by atoms with Crippen molar-refractivity contribution >= 4 is 23.1 Å². The summed E-state index contributed by atoms with van der Waals surface area (Å²) in [5.41, 5.74) is 3.34. The van der Waals surface area contributed by atoms with E-state index in [1.165, 1.54) is 0 Å². The van der Waals surface area contributed by atoms with Crippen LogP contribution in [0, 0.1) is 0 Å². The monoisotopic (exact) mass is 394 g/mol. The number of aliphatic hydroxyl groups is 1. The fourth-order valence-electron chi connectivity index (χ4n) is 3.10.